The maximum Gasteiger partial charge on any atom is 0.339 e. The molecule has 0 atom stereocenters. The van der Waals surface area contributed by atoms with Crippen LogP contribution in [0.1, 0.15) is 20.7 Å². The Labute approximate surface area is 206 Å². The summed E-state index contributed by atoms with van der Waals surface area (Å²) in [6, 6.07) is 26.2. The molecule has 0 amide bonds. The molecular weight excluding hydrogens is 482 g/mol. The van der Waals surface area contributed by atoms with Gasteiger partial charge in [0.25, 0.3) is 5.69 Å². The Hall–Kier alpha value is -4.63. The van der Waals surface area contributed by atoms with Gasteiger partial charge in [0.1, 0.15) is 0 Å². The molecule has 180 valence electrons. The van der Waals surface area contributed by atoms with Crippen LogP contribution < -0.4 is 0 Å². The molecule has 4 rings (SSSR count). The van der Waals surface area contributed by atoms with Crippen molar-refractivity contribution in [2.24, 2.45) is 0 Å². The molecule has 0 spiro atoms. The highest BCUT2D eigenvalue weighted by molar-refractivity contribution is 7.91. The van der Waals surface area contributed by atoms with Gasteiger partial charge in [0.15, 0.2) is 12.4 Å². The van der Waals surface area contributed by atoms with Gasteiger partial charge in [-0.2, -0.15) is 0 Å². The highest BCUT2D eigenvalue weighted by atomic mass is 32.2. The summed E-state index contributed by atoms with van der Waals surface area (Å²) in [5, 5.41) is 10.9. The van der Waals surface area contributed by atoms with Gasteiger partial charge in [-0.15, -0.1) is 0 Å². The standard InChI is InChI=1S/C27H19NO7S/c29-25(21-12-10-20(11-13-21)19-6-2-1-3-7-19)18-35-27(30)24-8-4-5-9-26(24)36(33,34)23-16-14-22(15-17-23)28(31)32/h1-17H,18H2. The molecule has 0 bridgehead atoms. The number of nitro groups is 1. The summed E-state index contributed by atoms with van der Waals surface area (Å²) in [7, 11) is -4.19. The lowest BCUT2D eigenvalue weighted by Crippen LogP contribution is -2.17. The number of esters is 1. The summed E-state index contributed by atoms with van der Waals surface area (Å²) in [4.78, 5) is 35.0. The summed E-state index contributed by atoms with van der Waals surface area (Å²) in [5.74, 6) is -1.43. The van der Waals surface area contributed by atoms with Crippen molar-refractivity contribution in [2.45, 2.75) is 9.79 Å². The number of hydrogen-bond donors (Lipinski definition) is 0. The van der Waals surface area contributed by atoms with E-state index in [1.807, 2.05) is 30.3 Å². The van der Waals surface area contributed by atoms with Crippen LogP contribution in [0.2, 0.25) is 0 Å². The zero-order chi connectivity index (χ0) is 25.7. The number of ketones is 1. The second kappa shape index (κ2) is 10.3. The molecule has 0 saturated heterocycles. The third-order valence-electron chi connectivity index (χ3n) is 5.40. The molecular formula is C27H19NO7S. The minimum Gasteiger partial charge on any atom is -0.454 e. The average Bonchev–Trinajstić information content (AvgIpc) is 2.92. The minimum absolute atomic E-state index is 0.220. The summed E-state index contributed by atoms with van der Waals surface area (Å²) < 4.78 is 31.3. The van der Waals surface area contributed by atoms with E-state index in [9.17, 15) is 28.1 Å². The number of benzene rings is 4. The number of nitrogens with zero attached hydrogens (tertiary/aromatic N) is 1. The number of hydrogen-bond acceptors (Lipinski definition) is 7. The van der Waals surface area contributed by atoms with Crippen LogP contribution in [0, 0.1) is 10.1 Å². The number of nitro benzene ring substituents is 1. The van der Waals surface area contributed by atoms with Crippen LogP contribution >= 0.6 is 0 Å². The summed E-state index contributed by atoms with van der Waals surface area (Å²) in [6.07, 6.45) is 0. The van der Waals surface area contributed by atoms with Gasteiger partial charge in [-0.05, 0) is 35.4 Å². The highest BCUT2D eigenvalue weighted by Gasteiger charge is 2.26. The Bertz CT molecular complexity index is 1530. The van der Waals surface area contributed by atoms with Crippen LogP contribution in [-0.4, -0.2) is 31.7 Å². The molecule has 0 aromatic heterocycles. The third kappa shape index (κ3) is 5.21. The number of rotatable bonds is 8. The van der Waals surface area contributed by atoms with Crippen LogP contribution in [0.5, 0.6) is 0 Å². The van der Waals surface area contributed by atoms with Crippen LogP contribution in [0.4, 0.5) is 5.69 Å². The van der Waals surface area contributed by atoms with E-state index in [4.69, 9.17) is 4.74 Å². The number of sulfone groups is 1. The lowest BCUT2D eigenvalue weighted by atomic mass is 10.0. The zero-order valence-corrected chi connectivity index (χ0v) is 19.6. The van der Waals surface area contributed by atoms with Gasteiger partial charge < -0.3 is 4.74 Å². The number of non-ortho nitro benzene ring substituents is 1. The van der Waals surface area contributed by atoms with E-state index in [-0.39, 0.29) is 21.0 Å². The van der Waals surface area contributed by atoms with Crippen molar-refractivity contribution in [3.8, 4) is 11.1 Å². The SMILES string of the molecule is O=C(COC(=O)c1ccccc1S(=O)(=O)c1ccc([N+](=O)[O-])cc1)c1ccc(-c2ccccc2)cc1. The quantitative estimate of drug-likeness (QED) is 0.142. The van der Waals surface area contributed by atoms with E-state index < -0.39 is 33.1 Å². The number of Topliss-reactive ketones (excluding diaryl/α,β-unsaturated/α-hetero) is 1. The molecule has 9 heteroatoms. The molecule has 0 aliphatic rings. The summed E-state index contributed by atoms with van der Waals surface area (Å²) >= 11 is 0. The van der Waals surface area contributed by atoms with Crippen molar-refractivity contribution >= 4 is 27.3 Å². The largest absolute Gasteiger partial charge is 0.454 e. The fourth-order valence-electron chi connectivity index (χ4n) is 3.51. The lowest BCUT2D eigenvalue weighted by molar-refractivity contribution is -0.384. The van der Waals surface area contributed by atoms with Crippen LogP contribution in [-0.2, 0) is 14.6 Å². The van der Waals surface area contributed by atoms with Crippen LogP contribution in [0.15, 0.2) is 113 Å². The first-order chi connectivity index (χ1) is 17.3. The van der Waals surface area contributed by atoms with E-state index in [0.29, 0.717) is 5.56 Å². The molecule has 0 fully saturated rings. The fraction of sp³-hybridized carbons (Fsp3) is 0.0370. The lowest BCUT2D eigenvalue weighted by Gasteiger charge is -2.11. The molecule has 36 heavy (non-hydrogen) atoms. The molecule has 0 unspecified atom stereocenters. The van der Waals surface area contributed by atoms with Gasteiger partial charge in [-0.3, -0.25) is 14.9 Å². The van der Waals surface area contributed by atoms with Gasteiger partial charge in [-0.1, -0.05) is 66.7 Å². The van der Waals surface area contributed by atoms with Crippen molar-refractivity contribution in [2.75, 3.05) is 6.61 Å². The molecule has 8 nitrogen and oxygen atoms in total. The molecule has 0 radical (unpaired) electrons. The molecule has 0 saturated carbocycles. The van der Waals surface area contributed by atoms with Crippen molar-refractivity contribution in [1.29, 1.82) is 0 Å². The van der Waals surface area contributed by atoms with Crippen LogP contribution in [0.25, 0.3) is 11.1 Å². The van der Waals surface area contributed by atoms with E-state index in [1.165, 1.54) is 24.3 Å². The molecule has 0 aliphatic heterocycles. The third-order valence-corrected chi connectivity index (χ3v) is 7.23. The van der Waals surface area contributed by atoms with Gasteiger partial charge in [0.05, 0.1) is 20.3 Å². The van der Waals surface area contributed by atoms with E-state index in [1.54, 1.807) is 24.3 Å². The first-order valence-electron chi connectivity index (χ1n) is 10.7. The monoisotopic (exact) mass is 501 g/mol. The van der Waals surface area contributed by atoms with Gasteiger partial charge in [-0.25, -0.2) is 13.2 Å². The first kappa shape index (κ1) is 24.5. The Morgan fingerprint density at radius 2 is 1.33 bits per heavy atom. The zero-order valence-electron chi connectivity index (χ0n) is 18.7. The van der Waals surface area contributed by atoms with Gasteiger partial charge in [0, 0.05) is 17.7 Å². The second-order valence-corrected chi connectivity index (χ2v) is 9.61. The minimum atomic E-state index is -4.19. The van der Waals surface area contributed by atoms with E-state index >= 15 is 0 Å². The highest BCUT2D eigenvalue weighted by Crippen LogP contribution is 2.26. The maximum atomic E-state index is 13.1. The van der Waals surface area contributed by atoms with Crippen molar-refractivity contribution in [1.82, 2.24) is 0 Å². The first-order valence-corrected chi connectivity index (χ1v) is 12.2. The molecule has 0 heterocycles. The second-order valence-electron chi connectivity index (χ2n) is 7.69. The molecule has 4 aromatic rings. The summed E-state index contributed by atoms with van der Waals surface area (Å²) in [5.41, 5.74) is 1.75. The molecule has 4 aromatic carbocycles. The van der Waals surface area contributed by atoms with Gasteiger partial charge in [0.2, 0.25) is 9.84 Å². The predicted octanol–water partition coefficient (Wildman–Crippen LogP) is 5.13. The number of carbonyl (C=O) groups excluding carboxylic acids is 2. The van der Waals surface area contributed by atoms with E-state index in [2.05, 4.69) is 0 Å². The van der Waals surface area contributed by atoms with Crippen LogP contribution in [0.3, 0.4) is 0 Å². The topological polar surface area (TPSA) is 121 Å². The van der Waals surface area contributed by atoms with Crippen molar-refractivity contribution in [3.05, 3.63) is 124 Å². The predicted molar refractivity (Wildman–Crippen MR) is 131 cm³/mol. The average molecular weight is 502 g/mol. The Morgan fingerprint density at radius 1 is 0.750 bits per heavy atom. The Balaban J connectivity index is 1.49. The Morgan fingerprint density at radius 3 is 1.97 bits per heavy atom. The van der Waals surface area contributed by atoms with Crippen molar-refractivity contribution in [3.63, 3.8) is 0 Å². The van der Waals surface area contributed by atoms with Crippen molar-refractivity contribution < 1.29 is 27.7 Å². The van der Waals surface area contributed by atoms with Gasteiger partial charge >= 0.3 is 5.97 Å². The molecule has 0 aliphatic carbocycles. The number of ether oxygens (including phenoxy) is 1. The summed E-state index contributed by atoms with van der Waals surface area (Å²) in [6.45, 7) is -0.574. The number of carbonyl (C=O) groups is 2. The smallest absolute Gasteiger partial charge is 0.339 e. The van der Waals surface area contributed by atoms with E-state index in [0.717, 1.165) is 35.4 Å². The maximum absolute atomic E-state index is 13.1. The molecule has 0 N–H and O–H groups in total. The fourth-order valence-corrected chi connectivity index (χ4v) is 4.96. The normalized spacial score (nSPS) is 11.0. The Kier molecular flexibility index (Phi) is 7.03.